The number of rotatable bonds is 3. The predicted molar refractivity (Wildman–Crippen MR) is 112 cm³/mol. The Balaban J connectivity index is 1.54. The highest BCUT2D eigenvalue weighted by atomic mass is 16.5. The van der Waals surface area contributed by atoms with E-state index in [1.165, 1.54) is 11.1 Å². The minimum Gasteiger partial charge on any atom is -0.493 e. The number of carbonyl (C=O) groups is 1. The summed E-state index contributed by atoms with van der Waals surface area (Å²) in [6.45, 7) is 2.65. The third kappa shape index (κ3) is 1.95. The number of fused-ring (bicyclic) bond motifs is 2. The Hall–Kier alpha value is -2.09. The van der Waals surface area contributed by atoms with Crippen molar-refractivity contribution >= 4 is 11.6 Å². The number of benzene rings is 1. The van der Waals surface area contributed by atoms with Gasteiger partial charge in [-0.3, -0.25) is 9.69 Å². The minimum absolute atomic E-state index is 0.0511. The lowest BCUT2D eigenvalue weighted by molar-refractivity contribution is -0.137. The van der Waals surface area contributed by atoms with Crippen LogP contribution in [-0.4, -0.2) is 74.6 Å². The first-order chi connectivity index (χ1) is 15.1. The lowest BCUT2D eigenvalue weighted by Gasteiger charge is -2.61. The van der Waals surface area contributed by atoms with Gasteiger partial charge in [-0.05, 0) is 30.5 Å². The Morgan fingerprint density at radius 3 is 2.81 bits per heavy atom. The van der Waals surface area contributed by atoms with Crippen LogP contribution in [0.15, 0.2) is 23.8 Å². The third-order valence-corrected chi connectivity index (χ3v) is 9.20. The molecule has 7 nitrogen and oxygen atoms in total. The number of aliphatic hydroxyl groups is 1. The smallest absolute Gasteiger partial charge is 0.229 e. The van der Waals surface area contributed by atoms with Crippen LogP contribution >= 0.6 is 0 Å². The number of hydrogen-bond donors (Lipinski definition) is 1. The molecule has 0 aromatic heterocycles. The number of hydrogen-bond acceptors (Lipinski definition) is 6. The van der Waals surface area contributed by atoms with E-state index in [0.717, 1.165) is 25.2 Å². The summed E-state index contributed by atoms with van der Waals surface area (Å²) in [6.07, 6.45) is 3.52. The Bertz CT molecular complexity index is 1020. The molecule has 1 spiro atoms. The molecule has 4 fully saturated rings. The van der Waals surface area contributed by atoms with Gasteiger partial charge in [0.1, 0.15) is 0 Å². The number of anilines is 1. The van der Waals surface area contributed by atoms with E-state index in [-0.39, 0.29) is 53.9 Å². The van der Waals surface area contributed by atoms with Gasteiger partial charge in [-0.1, -0.05) is 11.6 Å². The zero-order valence-electron chi connectivity index (χ0n) is 17.9. The highest BCUT2D eigenvalue weighted by Crippen LogP contribution is 2.68. The predicted octanol–water partition coefficient (Wildman–Crippen LogP) is 1.33. The summed E-state index contributed by atoms with van der Waals surface area (Å²) in [5.74, 6) is 2.11. The fourth-order valence-electron chi connectivity index (χ4n) is 8.42. The van der Waals surface area contributed by atoms with Gasteiger partial charge in [-0.15, -0.1) is 0 Å². The van der Waals surface area contributed by atoms with Crippen LogP contribution in [0.2, 0.25) is 0 Å². The lowest BCUT2D eigenvalue weighted by Crippen LogP contribution is -2.72. The molecular weight excluding hydrogens is 396 g/mol. The quantitative estimate of drug-likeness (QED) is 0.739. The fraction of sp³-hybridized carbons (Fsp3) is 0.625. The number of piperidine rings is 2. The molecule has 7 rings (SSSR count). The van der Waals surface area contributed by atoms with Gasteiger partial charge in [-0.2, -0.15) is 0 Å². The molecule has 1 aromatic rings. The van der Waals surface area contributed by atoms with Crippen molar-refractivity contribution in [3.63, 3.8) is 0 Å². The van der Waals surface area contributed by atoms with E-state index in [1.807, 2.05) is 6.07 Å². The number of aliphatic hydroxyl groups excluding tert-OH is 1. The van der Waals surface area contributed by atoms with Crippen molar-refractivity contribution in [2.24, 2.45) is 17.8 Å². The summed E-state index contributed by atoms with van der Waals surface area (Å²) in [4.78, 5) is 18.2. The Kier molecular flexibility index (Phi) is 3.59. The molecule has 1 saturated carbocycles. The standard InChI is InChI=1S/C24H28N2O5/c1-29-16-7-14-15(8-17(16)30-2)26-19(28)9-18-21-20-12(3-6-31-18)10-25-5-4-24(14,23(21)26)22(25)13(20)11-27/h3,7-8,13,18,20-23,27H,4-6,9-11H2,1-2H3/t13?,18-,20+,21+,22-,23-,24+/m0/s1. The summed E-state index contributed by atoms with van der Waals surface area (Å²) in [7, 11) is 3.30. The van der Waals surface area contributed by atoms with Crippen molar-refractivity contribution < 1.29 is 24.1 Å². The zero-order valence-corrected chi connectivity index (χ0v) is 17.9. The van der Waals surface area contributed by atoms with E-state index < -0.39 is 0 Å². The maximum atomic E-state index is 13.6. The Morgan fingerprint density at radius 1 is 1.23 bits per heavy atom. The van der Waals surface area contributed by atoms with Crippen LogP contribution in [-0.2, 0) is 14.9 Å². The maximum absolute atomic E-state index is 13.6. The first-order valence-electron chi connectivity index (χ1n) is 11.4. The van der Waals surface area contributed by atoms with Gasteiger partial charge >= 0.3 is 0 Å². The van der Waals surface area contributed by atoms with E-state index in [0.29, 0.717) is 24.5 Å². The van der Waals surface area contributed by atoms with Gasteiger partial charge in [0.15, 0.2) is 11.5 Å². The highest BCUT2D eigenvalue weighted by molar-refractivity contribution is 5.99. The molecule has 5 heterocycles. The van der Waals surface area contributed by atoms with E-state index in [9.17, 15) is 9.90 Å². The zero-order chi connectivity index (χ0) is 21.1. The van der Waals surface area contributed by atoms with Gasteiger partial charge in [0.2, 0.25) is 5.91 Å². The second-order valence-corrected chi connectivity index (χ2v) is 9.94. The van der Waals surface area contributed by atoms with Gasteiger partial charge in [0.25, 0.3) is 0 Å². The number of nitrogens with zero attached hydrogens (tertiary/aromatic N) is 2. The largest absolute Gasteiger partial charge is 0.493 e. The summed E-state index contributed by atoms with van der Waals surface area (Å²) >= 11 is 0. The fourth-order valence-corrected chi connectivity index (χ4v) is 8.42. The minimum atomic E-state index is -0.211. The van der Waals surface area contributed by atoms with Gasteiger partial charge in [0.05, 0.1) is 45.1 Å². The third-order valence-electron chi connectivity index (χ3n) is 9.20. The molecule has 1 aliphatic carbocycles. The molecule has 7 heteroatoms. The van der Waals surface area contributed by atoms with Crippen LogP contribution in [0, 0.1) is 17.8 Å². The molecule has 31 heavy (non-hydrogen) atoms. The molecular formula is C24H28N2O5. The molecule has 0 radical (unpaired) electrons. The van der Waals surface area contributed by atoms with Crippen molar-refractivity contribution in [1.29, 1.82) is 0 Å². The van der Waals surface area contributed by atoms with Crippen molar-refractivity contribution in [3.8, 4) is 11.5 Å². The van der Waals surface area contributed by atoms with E-state index in [2.05, 4.69) is 21.9 Å². The summed E-state index contributed by atoms with van der Waals surface area (Å²) in [5.41, 5.74) is 3.34. The molecule has 2 bridgehead atoms. The van der Waals surface area contributed by atoms with Crippen LogP contribution in [0.3, 0.4) is 0 Å². The molecule has 164 valence electrons. The van der Waals surface area contributed by atoms with E-state index >= 15 is 0 Å². The normalized spacial score (nSPS) is 41.6. The van der Waals surface area contributed by atoms with Crippen LogP contribution in [0.4, 0.5) is 5.69 Å². The average Bonchev–Trinajstić information content (AvgIpc) is 3.25. The summed E-state index contributed by atoms with van der Waals surface area (Å²) in [6, 6.07) is 4.37. The second-order valence-electron chi connectivity index (χ2n) is 9.94. The van der Waals surface area contributed by atoms with Crippen molar-refractivity contribution in [2.75, 3.05) is 45.4 Å². The van der Waals surface area contributed by atoms with Gasteiger partial charge < -0.3 is 24.2 Å². The van der Waals surface area contributed by atoms with Crippen LogP contribution in [0.1, 0.15) is 18.4 Å². The van der Waals surface area contributed by atoms with Crippen LogP contribution in [0.5, 0.6) is 11.5 Å². The molecule has 5 aliphatic heterocycles. The monoisotopic (exact) mass is 424 g/mol. The number of methoxy groups -OCH3 is 2. The molecule has 1 amide bonds. The average molecular weight is 424 g/mol. The second kappa shape index (κ2) is 6.03. The van der Waals surface area contributed by atoms with E-state index in [1.54, 1.807) is 14.2 Å². The van der Waals surface area contributed by atoms with Crippen LogP contribution < -0.4 is 14.4 Å². The Labute approximate surface area is 181 Å². The molecule has 6 aliphatic rings. The number of ether oxygens (including phenoxy) is 3. The molecule has 1 aromatic carbocycles. The van der Waals surface area contributed by atoms with Gasteiger partial charge in [0, 0.05) is 42.5 Å². The van der Waals surface area contributed by atoms with Crippen molar-refractivity contribution in [2.45, 2.75) is 36.4 Å². The molecule has 1 unspecified atom stereocenters. The van der Waals surface area contributed by atoms with Crippen LogP contribution in [0.25, 0.3) is 0 Å². The number of carbonyl (C=O) groups excluding carboxylic acids is 1. The Morgan fingerprint density at radius 2 is 2.03 bits per heavy atom. The molecule has 3 saturated heterocycles. The molecule has 7 atom stereocenters. The summed E-state index contributed by atoms with van der Waals surface area (Å²) < 4.78 is 17.6. The maximum Gasteiger partial charge on any atom is 0.229 e. The SMILES string of the molecule is COc1cc2c(cc1OC)[C@@]13CCN4CC5=CCO[C@H]6CC(=O)N2[C@H]1[C@H]6[C@H]5C(CO)[C@H]43. The molecule has 1 N–H and O–H groups in total. The van der Waals surface area contributed by atoms with Crippen molar-refractivity contribution in [1.82, 2.24) is 4.90 Å². The topological polar surface area (TPSA) is 71.5 Å². The van der Waals surface area contributed by atoms with Crippen molar-refractivity contribution in [3.05, 3.63) is 29.3 Å². The first kappa shape index (κ1) is 18.5. The summed E-state index contributed by atoms with van der Waals surface area (Å²) in [5, 5.41) is 10.7. The number of amides is 1. The highest BCUT2D eigenvalue weighted by Gasteiger charge is 2.73. The first-order valence-corrected chi connectivity index (χ1v) is 11.4. The lowest BCUT2D eigenvalue weighted by atomic mass is 9.50. The van der Waals surface area contributed by atoms with E-state index in [4.69, 9.17) is 14.2 Å². The van der Waals surface area contributed by atoms with Gasteiger partial charge in [-0.25, -0.2) is 0 Å².